The summed E-state index contributed by atoms with van der Waals surface area (Å²) in [6, 6.07) is 0. The standard InChI is InChI=1S/C13H18O5/c1-11(2)8(14)12(9(15)17-3)5-6-13(11,7-12)10(16)18-4/h5-7H2,1-4H3. The number of rotatable bonds is 2. The zero-order chi connectivity index (χ0) is 13.8. The molecule has 0 heterocycles. The monoisotopic (exact) mass is 254 g/mol. The van der Waals surface area contributed by atoms with E-state index in [-0.39, 0.29) is 12.2 Å². The molecule has 0 aliphatic heterocycles. The molecule has 0 N–H and O–H groups in total. The van der Waals surface area contributed by atoms with Crippen LogP contribution in [0.4, 0.5) is 0 Å². The zero-order valence-corrected chi connectivity index (χ0v) is 11.2. The molecule has 5 heteroatoms. The van der Waals surface area contributed by atoms with Gasteiger partial charge in [0.15, 0.2) is 5.78 Å². The normalized spacial score (nSPS) is 36.6. The van der Waals surface area contributed by atoms with E-state index in [2.05, 4.69) is 0 Å². The Bertz CT molecular complexity index is 439. The van der Waals surface area contributed by atoms with E-state index in [9.17, 15) is 14.4 Å². The SMILES string of the molecule is COC(=O)C12CCC(C(=O)OC)(C1)C(C)(C)C2=O. The average molecular weight is 254 g/mol. The van der Waals surface area contributed by atoms with E-state index in [0.29, 0.717) is 12.8 Å². The fourth-order valence-corrected chi connectivity index (χ4v) is 3.75. The first-order valence-corrected chi connectivity index (χ1v) is 6.00. The minimum atomic E-state index is -1.15. The molecule has 0 aromatic heterocycles. The lowest BCUT2D eigenvalue weighted by Gasteiger charge is -2.38. The summed E-state index contributed by atoms with van der Waals surface area (Å²) < 4.78 is 9.62. The number of Topliss-reactive ketones (excluding diaryl/α,β-unsaturated/α-hetero) is 1. The van der Waals surface area contributed by atoms with Crippen LogP contribution in [0.3, 0.4) is 0 Å². The van der Waals surface area contributed by atoms with Crippen LogP contribution in [0.25, 0.3) is 0 Å². The number of ether oxygens (including phenoxy) is 2. The van der Waals surface area contributed by atoms with Crippen molar-refractivity contribution < 1.29 is 23.9 Å². The molecule has 2 atom stereocenters. The number of esters is 2. The van der Waals surface area contributed by atoms with E-state index in [4.69, 9.17) is 9.47 Å². The highest BCUT2D eigenvalue weighted by atomic mass is 16.5. The summed E-state index contributed by atoms with van der Waals surface area (Å²) in [6.45, 7) is 3.44. The van der Waals surface area contributed by atoms with Crippen molar-refractivity contribution in [1.29, 1.82) is 0 Å². The summed E-state index contributed by atoms with van der Waals surface area (Å²) in [4.78, 5) is 36.6. The molecule has 2 aliphatic rings. The molecule has 0 spiro atoms. The van der Waals surface area contributed by atoms with Gasteiger partial charge in [0.2, 0.25) is 0 Å². The summed E-state index contributed by atoms with van der Waals surface area (Å²) in [7, 11) is 2.59. The van der Waals surface area contributed by atoms with Crippen molar-refractivity contribution in [1.82, 2.24) is 0 Å². The summed E-state index contributed by atoms with van der Waals surface area (Å²) in [5.74, 6) is -1.12. The topological polar surface area (TPSA) is 69.7 Å². The van der Waals surface area contributed by atoms with Crippen molar-refractivity contribution in [3.63, 3.8) is 0 Å². The lowest BCUT2D eigenvalue weighted by Crippen LogP contribution is -2.48. The number of hydrogen-bond donors (Lipinski definition) is 0. The molecular formula is C13H18O5. The number of methoxy groups -OCH3 is 2. The third kappa shape index (κ3) is 1.15. The van der Waals surface area contributed by atoms with E-state index in [1.54, 1.807) is 13.8 Å². The predicted molar refractivity (Wildman–Crippen MR) is 61.5 cm³/mol. The van der Waals surface area contributed by atoms with E-state index < -0.39 is 28.2 Å². The van der Waals surface area contributed by atoms with Gasteiger partial charge in [-0.1, -0.05) is 13.8 Å². The number of carbonyl (C=O) groups is 3. The Kier molecular flexibility index (Phi) is 2.58. The van der Waals surface area contributed by atoms with E-state index in [0.717, 1.165) is 0 Å². The fourth-order valence-electron chi connectivity index (χ4n) is 3.75. The summed E-state index contributed by atoms with van der Waals surface area (Å²) in [5.41, 5.74) is -2.91. The molecule has 2 fully saturated rings. The molecule has 2 bridgehead atoms. The predicted octanol–water partition coefficient (Wildman–Crippen LogP) is 1.10. The maximum absolute atomic E-state index is 12.5. The molecule has 0 saturated heterocycles. The van der Waals surface area contributed by atoms with Gasteiger partial charge in [0.25, 0.3) is 0 Å². The van der Waals surface area contributed by atoms with Crippen LogP contribution < -0.4 is 0 Å². The van der Waals surface area contributed by atoms with E-state index in [1.165, 1.54) is 14.2 Å². The van der Waals surface area contributed by atoms with Crippen LogP contribution >= 0.6 is 0 Å². The minimum absolute atomic E-state index is 0.196. The lowest BCUT2D eigenvalue weighted by atomic mass is 9.63. The minimum Gasteiger partial charge on any atom is -0.469 e. The van der Waals surface area contributed by atoms with Crippen LogP contribution in [0.5, 0.6) is 0 Å². The summed E-state index contributed by atoms with van der Waals surface area (Å²) in [6.07, 6.45) is 1.08. The highest BCUT2D eigenvalue weighted by molar-refractivity contribution is 6.12. The van der Waals surface area contributed by atoms with Gasteiger partial charge < -0.3 is 9.47 Å². The third-order valence-corrected chi connectivity index (χ3v) is 4.93. The third-order valence-electron chi connectivity index (χ3n) is 4.93. The maximum atomic E-state index is 12.5. The van der Waals surface area contributed by atoms with E-state index in [1.807, 2.05) is 0 Å². The highest BCUT2D eigenvalue weighted by Crippen LogP contribution is 2.68. The van der Waals surface area contributed by atoms with Crippen molar-refractivity contribution in [3.05, 3.63) is 0 Å². The zero-order valence-electron chi connectivity index (χ0n) is 11.2. The molecule has 18 heavy (non-hydrogen) atoms. The number of hydrogen-bond acceptors (Lipinski definition) is 5. The van der Waals surface area contributed by atoms with Crippen molar-refractivity contribution in [2.75, 3.05) is 14.2 Å². The Morgan fingerprint density at radius 2 is 1.61 bits per heavy atom. The number of carbonyl (C=O) groups excluding carboxylic acids is 3. The van der Waals surface area contributed by atoms with Gasteiger partial charge in [0.05, 0.1) is 19.6 Å². The smallest absolute Gasteiger partial charge is 0.319 e. The average Bonchev–Trinajstić information content (AvgIpc) is 2.84. The van der Waals surface area contributed by atoms with E-state index >= 15 is 0 Å². The first kappa shape index (κ1) is 13.1. The second-order valence-corrected chi connectivity index (χ2v) is 5.78. The van der Waals surface area contributed by atoms with Gasteiger partial charge in [-0.2, -0.15) is 0 Å². The van der Waals surface area contributed by atoms with Gasteiger partial charge in [-0.15, -0.1) is 0 Å². The Balaban J connectivity index is 2.54. The second-order valence-electron chi connectivity index (χ2n) is 5.78. The largest absolute Gasteiger partial charge is 0.469 e. The van der Waals surface area contributed by atoms with Crippen molar-refractivity contribution in [2.45, 2.75) is 33.1 Å². The first-order valence-electron chi connectivity index (χ1n) is 6.00. The van der Waals surface area contributed by atoms with Crippen molar-refractivity contribution in [2.24, 2.45) is 16.2 Å². The van der Waals surface area contributed by atoms with Gasteiger partial charge >= 0.3 is 11.9 Å². The van der Waals surface area contributed by atoms with Crippen LogP contribution in [0.1, 0.15) is 33.1 Å². The van der Waals surface area contributed by atoms with Gasteiger partial charge in [-0.05, 0) is 19.3 Å². The number of ketones is 1. The molecule has 2 rings (SSSR count). The fraction of sp³-hybridized carbons (Fsp3) is 0.769. The van der Waals surface area contributed by atoms with Gasteiger partial charge in [0.1, 0.15) is 5.41 Å². The lowest BCUT2D eigenvalue weighted by molar-refractivity contribution is -0.165. The van der Waals surface area contributed by atoms with Crippen LogP contribution in [0.15, 0.2) is 0 Å². The second kappa shape index (κ2) is 3.56. The number of fused-ring (bicyclic) bond motifs is 2. The van der Waals surface area contributed by atoms with Crippen LogP contribution in [0.2, 0.25) is 0 Å². The van der Waals surface area contributed by atoms with Crippen LogP contribution in [0, 0.1) is 16.2 Å². The molecule has 0 radical (unpaired) electrons. The summed E-state index contributed by atoms with van der Waals surface area (Å²) in [5, 5.41) is 0. The molecular weight excluding hydrogens is 236 g/mol. The molecule has 2 unspecified atom stereocenters. The van der Waals surface area contributed by atoms with Crippen molar-refractivity contribution in [3.8, 4) is 0 Å². The van der Waals surface area contributed by atoms with Gasteiger partial charge in [-0.3, -0.25) is 14.4 Å². The Morgan fingerprint density at radius 1 is 1.06 bits per heavy atom. The first-order chi connectivity index (χ1) is 8.28. The van der Waals surface area contributed by atoms with Crippen LogP contribution in [-0.4, -0.2) is 31.9 Å². The van der Waals surface area contributed by atoms with Gasteiger partial charge in [0, 0.05) is 5.41 Å². The van der Waals surface area contributed by atoms with Crippen molar-refractivity contribution >= 4 is 17.7 Å². The maximum Gasteiger partial charge on any atom is 0.319 e. The quantitative estimate of drug-likeness (QED) is 0.545. The Hall–Kier alpha value is -1.39. The molecule has 0 aromatic carbocycles. The Labute approximate surface area is 106 Å². The molecule has 2 aliphatic carbocycles. The molecule has 100 valence electrons. The molecule has 5 nitrogen and oxygen atoms in total. The highest BCUT2D eigenvalue weighted by Gasteiger charge is 2.76. The molecule has 0 amide bonds. The van der Waals surface area contributed by atoms with Crippen LogP contribution in [-0.2, 0) is 23.9 Å². The molecule has 2 saturated carbocycles. The Morgan fingerprint density at radius 3 is 2.11 bits per heavy atom. The molecule has 0 aromatic rings. The van der Waals surface area contributed by atoms with Gasteiger partial charge in [-0.25, -0.2) is 0 Å². The summed E-state index contributed by atoms with van der Waals surface area (Å²) >= 11 is 0.